The van der Waals surface area contributed by atoms with Crippen molar-refractivity contribution in [3.63, 3.8) is 0 Å². The van der Waals surface area contributed by atoms with Gasteiger partial charge in [-0.3, -0.25) is 4.79 Å². The molecule has 0 aliphatic carbocycles. The van der Waals surface area contributed by atoms with Crippen molar-refractivity contribution in [2.24, 2.45) is 16.8 Å². The molecule has 0 aromatic heterocycles. The van der Waals surface area contributed by atoms with Gasteiger partial charge in [-0.05, 0) is 18.4 Å². The van der Waals surface area contributed by atoms with Crippen LogP contribution in [0, 0.1) is 5.92 Å². The van der Waals surface area contributed by atoms with Crippen LogP contribution in [0.1, 0.15) is 38.3 Å². The summed E-state index contributed by atoms with van der Waals surface area (Å²) in [6.07, 6.45) is 1.44. The zero-order valence-corrected chi connectivity index (χ0v) is 13.0. The summed E-state index contributed by atoms with van der Waals surface area (Å²) in [6.45, 7) is 7.82. The van der Waals surface area contributed by atoms with Crippen LogP contribution in [-0.4, -0.2) is 34.9 Å². The van der Waals surface area contributed by atoms with Gasteiger partial charge in [0.2, 0.25) is 5.91 Å². The van der Waals surface area contributed by atoms with Crippen LogP contribution >= 0.6 is 0 Å². The van der Waals surface area contributed by atoms with Gasteiger partial charge < -0.3 is 15.8 Å². The first-order valence-electron chi connectivity index (χ1n) is 7.36. The van der Waals surface area contributed by atoms with Crippen molar-refractivity contribution in [2.75, 3.05) is 13.1 Å². The highest BCUT2D eigenvalue weighted by molar-refractivity contribution is 5.97. The van der Waals surface area contributed by atoms with Crippen LogP contribution in [0.3, 0.4) is 0 Å². The van der Waals surface area contributed by atoms with Crippen LogP contribution in [0.4, 0.5) is 0 Å². The molecule has 0 aliphatic heterocycles. The summed E-state index contributed by atoms with van der Waals surface area (Å²) < 4.78 is 0. The van der Waals surface area contributed by atoms with Crippen LogP contribution < -0.4 is 5.73 Å². The average molecular weight is 291 g/mol. The lowest BCUT2D eigenvalue weighted by Crippen LogP contribution is -2.35. The molecule has 0 heterocycles. The van der Waals surface area contributed by atoms with E-state index in [2.05, 4.69) is 19.0 Å². The first-order chi connectivity index (χ1) is 10.0. The normalized spacial score (nSPS) is 13.0. The van der Waals surface area contributed by atoms with Crippen molar-refractivity contribution in [3.8, 4) is 0 Å². The second-order valence-electron chi connectivity index (χ2n) is 5.30. The highest BCUT2D eigenvalue weighted by Gasteiger charge is 2.14. The zero-order valence-electron chi connectivity index (χ0n) is 13.0. The smallest absolute Gasteiger partial charge is 0.226 e. The SMILES string of the molecule is CCC(C)CN(CC)C(=O)Cc1ccc(C(N)=NO)cc1. The molecule has 0 fully saturated rings. The van der Waals surface area contributed by atoms with Gasteiger partial charge in [0.25, 0.3) is 0 Å². The molecular weight excluding hydrogens is 266 g/mol. The molecule has 0 aliphatic rings. The molecule has 5 nitrogen and oxygen atoms in total. The van der Waals surface area contributed by atoms with Crippen LogP contribution in [0.15, 0.2) is 29.4 Å². The van der Waals surface area contributed by atoms with Gasteiger partial charge in [-0.25, -0.2) is 0 Å². The number of amides is 1. The fourth-order valence-corrected chi connectivity index (χ4v) is 2.05. The van der Waals surface area contributed by atoms with Crippen molar-refractivity contribution in [2.45, 2.75) is 33.6 Å². The van der Waals surface area contributed by atoms with E-state index in [-0.39, 0.29) is 11.7 Å². The summed E-state index contributed by atoms with van der Waals surface area (Å²) in [5.41, 5.74) is 7.08. The summed E-state index contributed by atoms with van der Waals surface area (Å²) >= 11 is 0. The molecule has 0 radical (unpaired) electrons. The number of nitrogens with two attached hydrogens (primary N) is 1. The predicted molar refractivity (Wildman–Crippen MR) is 84.4 cm³/mol. The lowest BCUT2D eigenvalue weighted by Gasteiger charge is -2.24. The largest absolute Gasteiger partial charge is 0.409 e. The van der Waals surface area contributed by atoms with E-state index < -0.39 is 0 Å². The molecule has 1 atom stereocenters. The van der Waals surface area contributed by atoms with Crippen LogP contribution in [0.25, 0.3) is 0 Å². The van der Waals surface area contributed by atoms with E-state index >= 15 is 0 Å². The lowest BCUT2D eigenvalue weighted by molar-refractivity contribution is -0.130. The number of likely N-dealkylation sites (N-methyl/N-ethyl adjacent to an activating group) is 1. The minimum atomic E-state index is 0.0693. The molecule has 0 bridgehead atoms. The van der Waals surface area contributed by atoms with Gasteiger partial charge in [-0.1, -0.05) is 49.7 Å². The van der Waals surface area contributed by atoms with Gasteiger partial charge in [0.15, 0.2) is 5.84 Å². The van der Waals surface area contributed by atoms with Crippen LogP contribution in [-0.2, 0) is 11.2 Å². The number of hydrogen-bond donors (Lipinski definition) is 2. The fraction of sp³-hybridized carbons (Fsp3) is 0.500. The van der Waals surface area contributed by atoms with E-state index in [1.165, 1.54) is 0 Å². The molecule has 5 heteroatoms. The van der Waals surface area contributed by atoms with Gasteiger partial charge in [0.05, 0.1) is 6.42 Å². The lowest BCUT2D eigenvalue weighted by atomic mass is 10.1. The summed E-state index contributed by atoms with van der Waals surface area (Å²) in [5.74, 6) is 0.714. The number of rotatable bonds is 7. The molecule has 1 amide bonds. The Morgan fingerprint density at radius 1 is 1.33 bits per heavy atom. The molecule has 1 unspecified atom stereocenters. The average Bonchev–Trinajstić information content (AvgIpc) is 2.52. The quantitative estimate of drug-likeness (QED) is 0.350. The van der Waals surface area contributed by atoms with E-state index in [1.54, 1.807) is 12.1 Å². The van der Waals surface area contributed by atoms with Crippen molar-refractivity contribution in [1.82, 2.24) is 4.90 Å². The Morgan fingerprint density at radius 2 is 1.95 bits per heavy atom. The molecule has 0 saturated carbocycles. The van der Waals surface area contributed by atoms with Gasteiger partial charge in [-0.2, -0.15) is 0 Å². The van der Waals surface area contributed by atoms with Crippen molar-refractivity contribution < 1.29 is 10.0 Å². The predicted octanol–water partition coefficient (Wildman–Crippen LogP) is 2.22. The van der Waals surface area contributed by atoms with Gasteiger partial charge in [-0.15, -0.1) is 0 Å². The molecule has 1 rings (SSSR count). The van der Waals surface area contributed by atoms with E-state index in [0.717, 1.165) is 25.1 Å². The summed E-state index contributed by atoms with van der Waals surface area (Å²) in [4.78, 5) is 14.2. The number of nitrogens with zero attached hydrogens (tertiary/aromatic N) is 2. The van der Waals surface area contributed by atoms with E-state index in [9.17, 15) is 4.79 Å². The van der Waals surface area contributed by atoms with E-state index in [0.29, 0.717) is 17.9 Å². The number of carbonyl (C=O) groups is 1. The maximum atomic E-state index is 12.3. The Kier molecular flexibility index (Phi) is 6.72. The third-order valence-electron chi connectivity index (χ3n) is 3.68. The minimum Gasteiger partial charge on any atom is -0.409 e. The third-order valence-corrected chi connectivity index (χ3v) is 3.68. The first-order valence-corrected chi connectivity index (χ1v) is 7.36. The highest BCUT2D eigenvalue weighted by Crippen LogP contribution is 2.09. The standard InChI is InChI=1S/C16H25N3O2/c1-4-12(3)11-19(5-2)15(20)10-13-6-8-14(9-7-13)16(17)18-21/h6-9,12,21H,4-5,10-11H2,1-3H3,(H2,17,18). The molecule has 1 aromatic rings. The fourth-order valence-electron chi connectivity index (χ4n) is 2.05. The van der Waals surface area contributed by atoms with Crippen molar-refractivity contribution in [1.29, 1.82) is 0 Å². The highest BCUT2D eigenvalue weighted by atomic mass is 16.4. The molecule has 1 aromatic carbocycles. The van der Waals surface area contributed by atoms with Crippen molar-refractivity contribution in [3.05, 3.63) is 35.4 Å². The zero-order chi connectivity index (χ0) is 15.8. The Hall–Kier alpha value is -2.04. The molecule has 3 N–H and O–H groups in total. The third kappa shape index (κ3) is 5.10. The minimum absolute atomic E-state index is 0.0693. The Morgan fingerprint density at radius 3 is 2.43 bits per heavy atom. The van der Waals surface area contributed by atoms with Crippen LogP contribution in [0.5, 0.6) is 0 Å². The number of benzene rings is 1. The van der Waals surface area contributed by atoms with Crippen LogP contribution in [0.2, 0.25) is 0 Å². The maximum absolute atomic E-state index is 12.3. The Labute approximate surface area is 126 Å². The van der Waals surface area contributed by atoms with Gasteiger partial charge >= 0.3 is 0 Å². The first kappa shape index (κ1) is 17.0. The molecule has 21 heavy (non-hydrogen) atoms. The Balaban J connectivity index is 2.69. The van der Waals surface area contributed by atoms with E-state index in [1.807, 2.05) is 24.0 Å². The van der Waals surface area contributed by atoms with Gasteiger partial charge in [0.1, 0.15) is 0 Å². The summed E-state index contributed by atoms with van der Waals surface area (Å²) in [7, 11) is 0. The molecule has 0 spiro atoms. The van der Waals surface area contributed by atoms with E-state index in [4.69, 9.17) is 10.9 Å². The Bertz CT molecular complexity index is 483. The number of carbonyl (C=O) groups excluding carboxylic acids is 1. The summed E-state index contributed by atoms with van der Waals surface area (Å²) in [5, 5.41) is 11.6. The molecular formula is C16H25N3O2. The second-order valence-corrected chi connectivity index (χ2v) is 5.30. The molecule has 116 valence electrons. The second kappa shape index (κ2) is 8.29. The summed E-state index contributed by atoms with van der Waals surface area (Å²) in [6, 6.07) is 7.18. The number of hydrogen-bond acceptors (Lipinski definition) is 3. The maximum Gasteiger partial charge on any atom is 0.226 e. The van der Waals surface area contributed by atoms with Gasteiger partial charge in [0, 0.05) is 18.7 Å². The number of amidine groups is 1. The topological polar surface area (TPSA) is 78.9 Å². The number of oxime groups is 1. The monoisotopic (exact) mass is 291 g/mol. The van der Waals surface area contributed by atoms with Crippen molar-refractivity contribution >= 4 is 11.7 Å². The molecule has 0 saturated heterocycles.